The van der Waals surface area contributed by atoms with Gasteiger partial charge in [0.1, 0.15) is 0 Å². The number of ether oxygens (including phenoxy) is 1. The van der Waals surface area contributed by atoms with E-state index >= 15 is 0 Å². The van der Waals surface area contributed by atoms with Gasteiger partial charge in [0.15, 0.2) is 0 Å². The van der Waals surface area contributed by atoms with Crippen molar-refractivity contribution in [2.45, 2.75) is 19.8 Å². The first-order valence-corrected chi connectivity index (χ1v) is 5.65. The molecule has 0 aliphatic carbocycles. The number of aromatic nitrogens is 3. The molecule has 1 aromatic rings. The average molecular weight is 223 g/mol. The molecule has 6 heteroatoms. The first-order valence-electron chi connectivity index (χ1n) is 5.65. The van der Waals surface area contributed by atoms with Gasteiger partial charge < -0.3 is 15.0 Å². The van der Waals surface area contributed by atoms with E-state index in [1.165, 1.54) is 12.8 Å². The van der Waals surface area contributed by atoms with Crippen molar-refractivity contribution in [1.82, 2.24) is 15.0 Å². The van der Waals surface area contributed by atoms with E-state index in [-0.39, 0.29) is 0 Å². The van der Waals surface area contributed by atoms with E-state index in [0.717, 1.165) is 13.1 Å². The zero-order valence-electron chi connectivity index (χ0n) is 9.73. The summed E-state index contributed by atoms with van der Waals surface area (Å²) < 4.78 is 5.32. The minimum Gasteiger partial charge on any atom is -0.464 e. The maximum atomic E-state index is 5.32. The van der Waals surface area contributed by atoms with Crippen LogP contribution in [0.1, 0.15) is 19.8 Å². The highest BCUT2D eigenvalue weighted by Gasteiger charge is 2.17. The van der Waals surface area contributed by atoms with Gasteiger partial charge in [0.05, 0.1) is 6.61 Å². The number of nitrogens with one attached hydrogen (secondary N) is 1. The van der Waals surface area contributed by atoms with Gasteiger partial charge in [-0.25, -0.2) is 0 Å². The molecule has 2 rings (SSSR count). The van der Waals surface area contributed by atoms with Crippen LogP contribution in [0, 0.1) is 0 Å². The van der Waals surface area contributed by atoms with E-state index in [1.54, 1.807) is 7.05 Å². The monoisotopic (exact) mass is 223 g/mol. The van der Waals surface area contributed by atoms with Gasteiger partial charge in [-0.1, -0.05) is 0 Å². The second kappa shape index (κ2) is 4.96. The van der Waals surface area contributed by atoms with Gasteiger partial charge in [0, 0.05) is 20.1 Å². The number of anilines is 2. The second-order valence-electron chi connectivity index (χ2n) is 3.62. The van der Waals surface area contributed by atoms with Crippen molar-refractivity contribution in [3.63, 3.8) is 0 Å². The van der Waals surface area contributed by atoms with Crippen LogP contribution >= 0.6 is 0 Å². The molecule has 0 unspecified atom stereocenters. The Morgan fingerprint density at radius 2 is 2.00 bits per heavy atom. The predicted octanol–water partition coefficient (Wildman–Crippen LogP) is 0.912. The quantitative estimate of drug-likeness (QED) is 0.818. The van der Waals surface area contributed by atoms with Gasteiger partial charge in [0.2, 0.25) is 11.9 Å². The molecule has 0 atom stereocenters. The molecular weight excluding hydrogens is 206 g/mol. The van der Waals surface area contributed by atoms with E-state index in [9.17, 15) is 0 Å². The topological polar surface area (TPSA) is 63.2 Å². The number of hydrogen-bond donors (Lipinski definition) is 1. The Hall–Kier alpha value is -1.59. The highest BCUT2D eigenvalue weighted by molar-refractivity contribution is 5.38. The fraction of sp³-hybridized carbons (Fsp3) is 0.700. The summed E-state index contributed by atoms with van der Waals surface area (Å²) >= 11 is 0. The fourth-order valence-corrected chi connectivity index (χ4v) is 1.71. The molecule has 1 N–H and O–H groups in total. The van der Waals surface area contributed by atoms with Crippen molar-refractivity contribution in [1.29, 1.82) is 0 Å². The van der Waals surface area contributed by atoms with Crippen molar-refractivity contribution in [2.24, 2.45) is 0 Å². The summed E-state index contributed by atoms with van der Waals surface area (Å²) in [6, 6.07) is 0.392. The summed E-state index contributed by atoms with van der Waals surface area (Å²) in [7, 11) is 1.79. The van der Waals surface area contributed by atoms with Crippen molar-refractivity contribution in [3.05, 3.63) is 0 Å². The van der Waals surface area contributed by atoms with E-state index < -0.39 is 0 Å². The fourth-order valence-electron chi connectivity index (χ4n) is 1.71. The standard InChI is InChI=1S/C10H17N5O/c1-3-16-10-13-8(11-2)12-9(14-10)15-6-4-5-7-15/h3-7H2,1-2H3,(H,11,12,13,14). The Morgan fingerprint density at radius 3 is 2.62 bits per heavy atom. The Labute approximate surface area is 95.1 Å². The average Bonchev–Trinajstić information content (AvgIpc) is 2.82. The lowest BCUT2D eigenvalue weighted by Crippen LogP contribution is -2.21. The first kappa shape index (κ1) is 10.9. The van der Waals surface area contributed by atoms with Crippen LogP contribution in [0.2, 0.25) is 0 Å². The summed E-state index contributed by atoms with van der Waals surface area (Å²) in [4.78, 5) is 14.9. The van der Waals surface area contributed by atoms with E-state index in [1.807, 2.05) is 6.92 Å². The van der Waals surface area contributed by atoms with Gasteiger partial charge in [-0.2, -0.15) is 15.0 Å². The maximum Gasteiger partial charge on any atom is 0.323 e. The normalized spacial score (nSPS) is 15.2. The lowest BCUT2D eigenvalue weighted by molar-refractivity contribution is 0.312. The van der Waals surface area contributed by atoms with Crippen molar-refractivity contribution in [2.75, 3.05) is 37.0 Å². The minimum atomic E-state index is 0.392. The van der Waals surface area contributed by atoms with Crippen molar-refractivity contribution < 1.29 is 4.74 Å². The number of hydrogen-bond acceptors (Lipinski definition) is 6. The molecule has 1 aliphatic rings. The van der Waals surface area contributed by atoms with E-state index in [2.05, 4.69) is 25.2 Å². The molecular formula is C10H17N5O. The number of nitrogens with zero attached hydrogens (tertiary/aromatic N) is 4. The zero-order chi connectivity index (χ0) is 11.4. The molecule has 1 aliphatic heterocycles. The van der Waals surface area contributed by atoms with Crippen LogP contribution in [0.5, 0.6) is 6.01 Å². The molecule has 0 bridgehead atoms. The molecule has 2 heterocycles. The summed E-state index contributed by atoms with van der Waals surface area (Å²) in [5, 5.41) is 2.92. The molecule has 1 aromatic heterocycles. The smallest absolute Gasteiger partial charge is 0.323 e. The van der Waals surface area contributed by atoms with Crippen molar-refractivity contribution in [3.8, 4) is 6.01 Å². The van der Waals surface area contributed by atoms with E-state index in [4.69, 9.17) is 4.74 Å². The van der Waals surface area contributed by atoms with Crippen LogP contribution < -0.4 is 15.0 Å². The maximum absolute atomic E-state index is 5.32. The van der Waals surface area contributed by atoms with Crippen LogP contribution in [-0.4, -0.2) is 41.7 Å². The summed E-state index contributed by atoms with van der Waals surface area (Å²) in [5.74, 6) is 1.26. The highest BCUT2D eigenvalue weighted by Crippen LogP contribution is 2.19. The molecule has 0 aromatic carbocycles. The molecule has 0 radical (unpaired) electrons. The predicted molar refractivity (Wildman–Crippen MR) is 62.0 cm³/mol. The lowest BCUT2D eigenvalue weighted by atomic mass is 10.4. The van der Waals surface area contributed by atoms with Crippen LogP contribution in [-0.2, 0) is 0 Å². The third-order valence-electron chi connectivity index (χ3n) is 2.49. The van der Waals surface area contributed by atoms with Crippen molar-refractivity contribution >= 4 is 11.9 Å². The number of rotatable bonds is 4. The molecule has 0 amide bonds. The molecule has 6 nitrogen and oxygen atoms in total. The summed E-state index contributed by atoms with van der Waals surface area (Å²) in [6.07, 6.45) is 2.40. The van der Waals surface area contributed by atoms with Crippen LogP contribution in [0.3, 0.4) is 0 Å². The summed E-state index contributed by atoms with van der Waals surface area (Å²) in [5.41, 5.74) is 0. The molecule has 0 spiro atoms. The molecule has 0 saturated carbocycles. The third kappa shape index (κ3) is 2.32. The van der Waals surface area contributed by atoms with Gasteiger partial charge in [-0.15, -0.1) is 0 Å². The zero-order valence-corrected chi connectivity index (χ0v) is 9.73. The Kier molecular flexibility index (Phi) is 3.38. The van der Waals surface area contributed by atoms with Crippen LogP contribution in [0.25, 0.3) is 0 Å². The minimum absolute atomic E-state index is 0.392. The molecule has 16 heavy (non-hydrogen) atoms. The first-order chi connectivity index (χ1) is 7.83. The van der Waals surface area contributed by atoms with Gasteiger partial charge in [0.25, 0.3) is 0 Å². The third-order valence-corrected chi connectivity index (χ3v) is 2.49. The molecule has 1 saturated heterocycles. The Bertz CT molecular complexity index is 351. The van der Waals surface area contributed by atoms with Gasteiger partial charge in [-0.05, 0) is 19.8 Å². The highest BCUT2D eigenvalue weighted by atomic mass is 16.5. The molecule has 88 valence electrons. The summed E-state index contributed by atoms with van der Waals surface area (Å²) in [6.45, 7) is 4.50. The SMILES string of the molecule is CCOc1nc(NC)nc(N2CCCC2)n1. The Morgan fingerprint density at radius 1 is 1.25 bits per heavy atom. The molecule has 1 fully saturated rings. The Balaban J connectivity index is 2.24. The van der Waals surface area contributed by atoms with E-state index in [0.29, 0.717) is 24.5 Å². The largest absolute Gasteiger partial charge is 0.464 e. The van der Waals surface area contributed by atoms with Gasteiger partial charge in [-0.3, -0.25) is 0 Å². The van der Waals surface area contributed by atoms with Crippen LogP contribution in [0.4, 0.5) is 11.9 Å². The second-order valence-corrected chi connectivity index (χ2v) is 3.62. The van der Waals surface area contributed by atoms with Crippen LogP contribution in [0.15, 0.2) is 0 Å². The lowest BCUT2D eigenvalue weighted by Gasteiger charge is -2.16. The van der Waals surface area contributed by atoms with Gasteiger partial charge >= 0.3 is 6.01 Å².